The van der Waals surface area contributed by atoms with Crippen molar-refractivity contribution in [1.82, 2.24) is 19.4 Å². The summed E-state index contributed by atoms with van der Waals surface area (Å²) in [5.74, 6) is 1.41. The molecule has 0 radical (unpaired) electrons. The van der Waals surface area contributed by atoms with Crippen molar-refractivity contribution in [3.8, 4) is 0 Å². The monoisotopic (exact) mass is 428 g/mol. The topological polar surface area (TPSA) is 80.5 Å². The van der Waals surface area contributed by atoms with Gasteiger partial charge in [0.15, 0.2) is 0 Å². The molecule has 4 rings (SSSR count). The zero-order valence-electron chi connectivity index (χ0n) is 19.1. The van der Waals surface area contributed by atoms with Gasteiger partial charge < -0.3 is 19.3 Å². The molecule has 0 amide bonds. The highest BCUT2D eigenvalue weighted by molar-refractivity contribution is 5.80. The molecule has 2 aromatic rings. The molecule has 1 unspecified atom stereocenters. The summed E-state index contributed by atoms with van der Waals surface area (Å²) in [6.07, 6.45) is 9.81. The number of hydrogen-bond acceptors (Lipinski definition) is 6. The lowest BCUT2D eigenvalue weighted by Crippen LogP contribution is -2.36. The fraction of sp³-hybridized carbons (Fsp3) is 0.708. The van der Waals surface area contributed by atoms with E-state index in [4.69, 9.17) is 9.72 Å². The number of rotatable bonds is 6. The van der Waals surface area contributed by atoms with Crippen LogP contribution in [0.25, 0.3) is 10.9 Å². The van der Waals surface area contributed by atoms with Crippen molar-refractivity contribution in [2.75, 3.05) is 33.9 Å². The van der Waals surface area contributed by atoms with Gasteiger partial charge in [-0.2, -0.15) is 0 Å². The molecular formula is C24H36N4O3. The van der Waals surface area contributed by atoms with E-state index in [9.17, 15) is 9.90 Å². The highest BCUT2D eigenvalue weighted by atomic mass is 16.5. The average Bonchev–Trinajstić information content (AvgIpc) is 2.76. The Morgan fingerprint density at radius 1 is 1.19 bits per heavy atom. The number of methoxy groups -OCH3 is 1. The standard InChI is InChI=1S/C24H36N4O3/c1-16(15-31-3)12-22-25-13-20-23(26-22)21(17-4-6-19(29)7-5-17)14-28(24(20)30)18-8-10-27(2)11-9-18/h13-14,16-19,29H,4-12,15H2,1-3H3. The summed E-state index contributed by atoms with van der Waals surface area (Å²) >= 11 is 0. The zero-order valence-corrected chi connectivity index (χ0v) is 19.1. The maximum atomic E-state index is 13.4. The van der Waals surface area contributed by atoms with Gasteiger partial charge in [-0.1, -0.05) is 6.92 Å². The van der Waals surface area contributed by atoms with Crippen molar-refractivity contribution in [2.24, 2.45) is 5.92 Å². The molecule has 7 nitrogen and oxygen atoms in total. The molecule has 1 atom stereocenters. The molecule has 1 saturated carbocycles. The van der Waals surface area contributed by atoms with Crippen LogP contribution in [0.4, 0.5) is 0 Å². The summed E-state index contributed by atoms with van der Waals surface area (Å²) in [5, 5.41) is 10.6. The number of piperidine rings is 1. The SMILES string of the molecule is COCC(C)Cc1ncc2c(=O)n(C3CCN(C)CC3)cc(C3CCC(O)CC3)c2n1. The first kappa shape index (κ1) is 22.4. The number of hydrogen-bond donors (Lipinski definition) is 1. The van der Waals surface area contributed by atoms with Crippen molar-refractivity contribution in [2.45, 2.75) is 69.9 Å². The Morgan fingerprint density at radius 2 is 1.90 bits per heavy atom. The molecule has 7 heteroatoms. The minimum absolute atomic E-state index is 0.0284. The van der Waals surface area contributed by atoms with Crippen LogP contribution in [0.5, 0.6) is 0 Å². The third-order valence-corrected chi connectivity index (χ3v) is 7.06. The molecular weight excluding hydrogens is 392 g/mol. The van der Waals surface area contributed by atoms with Gasteiger partial charge in [0, 0.05) is 38.6 Å². The minimum atomic E-state index is -0.206. The normalized spacial score (nSPS) is 24.5. The predicted molar refractivity (Wildman–Crippen MR) is 122 cm³/mol. The summed E-state index contributed by atoms with van der Waals surface area (Å²) in [7, 11) is 3.84. The first-order valence-electron chi connectivity index (χ1n) is 11.7. The maximum Gasteiger partial charge on any atom is 0.261 e. The summed E-state index contributed by atoms with van der Waals surface area (Å²) in [5.41, 5.74) is 1.99. The largest absolute Gasteiger partial charge is 0.393 e. The number of likely N-dealkylation sites (tertiary alicyclic amines) is 1. The van der Waals surface area contributed by atoms with E-state index >= 15 is 0 Å². The van der Waals surface area contributed by atoms with Crippen molar-refractivity contribution >= 4 is 10.9 Å². The Kier molecular flexibility index (Phi) is 7.04. The van der Waals surface area contributed by atoms with Crippen LogP contribution in [0.15, 0.2) is 17.2 Å². The molecule has 3 heterocycles. The van der Waals surface area contributed by atoms with Gasteiger partial charge in [-0.15, -0.1) is 0 Å². The Bertz CT molecular complexity index is 944. The third kappa shape index (κ3) is 4.99. The van der Waals surface area contributed by atoms with Crippen LogP contribution in [0.1, 0.15) is 68.8 Å². The van der Waals surface area contributed by atoms with E-state index < -0.39 is 0 Å². The quantitative estimate of drug-likeness (QED) is 0.762. The Morgan fingerprint density at radius 3 is 2.58 bits per heavy atom. The van der Waals surface area contributed by atoms with E-state index in [-0.39, 0.29) is 17.7 Å². The number of pyridine rings is 1. The smallest absolute Gasteiger partial charge is 0.261 e. The molecule has 0 spiro atoms. The predicted octanol–water partition coefficient (Wildman–Crippen LogP) is 2.90. The minimum Gasteiger partial charge on any atom is -0.393 e. The van der Waals surface area contributed by atoms with Crippen LogP contribution in [-0.2, 0) is 11.2 Å². The van der Waals surface area contributed by atoms with Gasteiger partial charge in [0.1, 0.15) is 5.82 Å². The number of fused-ring (bicyclic) bond motifs is 1. The number of nitrogens with zero attached hydrogens (tertiary/aromatic N) is 4. The molecule has 0 aromatic carbocycles. The second kappa shape index (κ2) is 9.76. The Hall–Kier alpha value is -1.83. The second-order valence-corrected chi connectivity index (χ2v) is 9.65. The number of aliphatic hydroxyl groups excluding tert-OH is 1. The molecule has 1 N–H and O–H groups in total. The fourth-order valence-electron chi connectivity index (χ4n) is 5.19. The van der Waals surface area contributed by atoms with Gasteiger partial charge in [0.2, 0.25) is 0 Å². The fourth-order valence-corrected chi connectivity index (χ4v) is 5.19. The van der Waals surface area contributed by atoms with Crippen LogP contribution in [0.2, 0.25) is 0 Å². The van der Waals surface area contributed by atoms with Crippen molar-refractivity contribution in [3.63, 3.8) is 0 Å². The molecule has 1 aliphatic heterocycles. The molecule has 1 saturated heterocycles. The number of aliphatic hydroxyl groups is 1. The van der Waals surface area contributed by atoms with Crippen LogP contribution < -0.4 is 5.56 Å². The Labute approximate surface area is 184 Å². The molecule has 2 fully saturated rings. The van der Waals surface area contributed by atoms with Crippen molar-refractivity contribution in [1.29, 1.82) is 0 Å². The van der Waals surface area contributed by atoms with Gasteiger partial charge in [0.25, 0.3) is 5.56 Å². The van der Waals surface area contributed by atoms with Gasteiger partial charge in [-0.3, -0.25) is 4.79 Å². The highest BCUT2D eigenvalue weighted by Gasteiger charge is 2.27. The number of aromatic nitrogens is 3. The van der Waals surface area contributed by atoms with Gasteiger partial charge in [-0.05, 0) is 76.1 Å². The van der Waals surface area contributed by atoms with E-state index in [1.807, 2.05) is 4.57 Å². The highest BCUT2D eigenvalue weighted by Crippen LogP contribution is 2.36. The maximum absolute atomic E-state index is 13.4. The lowest BCUT2D eigenvalue weighted by Gasteiger charge is -2.32. The lowest BCUT2D eigenvalue weighted by molar-refractivity contribution is 0.122. The van der Waals surface area contributed by atoms with Crippen LogP contribution >= 0.6 is 0 Å². The van der Waals surface area contributed by atoms with E-state index in [0.717, 1.165) is 74.9 Å². The molecule has 31 heavy (non-hydrogen) atoms. The number of ether oxygens (including phenoxy) is 1. The molecule has 1 aliphatic carbocycles. The molecule has 2 aromatic heterocycles. The van der Waals surface area contributed by atoms with Gasteiger partial charge in [-0.25, -0.2) is 9.97 Å². The van der Waals surface area contributed by atoms with E-state index in [1.165, 1.54) is 0 Å². The van der Waals surface area contributed by atoms with E-state index in [0.29, 0.717) is 23.8 Å². The summed E-state index contributed by atoms with van der Waals surface area (Å²) in [6, 6.07) is 0.224. The second-order valence-electron chi connectivity index (χ2n) is 9.65. The van der Waals surface area contributed by atoms with Crippen LogP contribution in [0.3, 0.4) is 0 Å². The van der Waals surface area contributed by atoms with E-state index in [1.54, 1.807) is 13.3 Å². The first-order chi connectivity index (χ1) is 15.0. The lowest BCUT2D eigenvalue weighted by atomic mass is 9.82. The summed E-state index contributed by atoms with van der Waals surface area (Å²) < 4.78 is 7.23. The summed E-state index contributed by atoms with van der Waals surface area (Å²) in [6.45, 7) is 4.80. The van der Waals surface area contributed by atoms with Crippen molar-refractivity contribution < 1.29 is 9.84 Å². The van der Waals surface area contributed by atoms with Gasteiger partial charge >= 0.3 is 0 Å². The van der Waals surface area contributed by atoms with E-state index in [2.05, 4.69) is 30.1 Å². The molecule has 2 aliphatic rings. The van der Waals surface area contributed by atoms with Gasteiger partial charge in [0.05, 0.1) is 17.0 Å². The van der Waals surface area contributed by atoms with Crippen LogP contribution in [-0.4, -0.2) is 64.5 Å². The van der Waals surface area contributed by atoms with Crippen molar-refractivity contribution in [3.05, 3.63) is 34.1 Å². The Balaban J connectivity index is 1.76. The average molecular weight is 429 g/mol. The first-order valence-corrected chi connectivity index (χ1v) is 11.7. The summed E-state index contributed by atoms with van der Waals surface area (Å²) in [4.78, 5) is 25.2. The molecule has 170 valence electrons. The molecule has 0 bridgehead atoms. The third-order valence-electron chi connectivity index (χ3n) is 7.06. The zero-order chi connectivity index (χ0) is 22.0. The van der Waals surface area contributed by atoms with Crippen LogP contribution in [0, 0.1) is 5.92 Å².